The average molecular weight is 752 g/mol. The summed E-state index contributed by atoms with van der Waals surface area (Å²) in [5.74, 6) is -2.11. The lowest BCUT2D eigenvalue weighted by molar-refractivity contribution is -0.177. The molecule has 1 saturated heterocycles. The second-order valence-corrected chi connectivity index (χ2v) is 13.8. The maximum absolute atomic E-state index is 16.5. The summed E-state index contributed by atoms with van der Waals surface area (Å²) in [7, 11) is 0. The van der Waals surface area contributed by atoms with Gasteiger partial charge in [0.15, 0.2) is 35.5 Å². The summed E-state index contributed by atoms with van der Waals surface area (Å²) in [4.78, 5) is 65.6. The van der Waals surface area contributed by atoms with Gasteiger partial charge in [0.1, 0.15) is 17.3 Å². The van der Waals surface area contributed by atoms with E-state index in [0.717, 1.165) is 5.56 Å². The van der Waals surface area contributed by atoms with Crippen molar-refractivity contribution in [1.82, 2.24) is 19.5 Å². The number of ether oxygens (including phenoxy) is 7. The number of hydrogen-bond donors (Lipinski definition) is 0. The van der Waals surface area contributed by atoms with Crippen molar-refractivity contribution in [3.63, 3.8) is 0 Å². The number of imidazole rings is 1. The normalized spacial score (nSPS) is 19.0. The Bertz CT molecular complexity index is 1710. The molecule has 1 aliphatic rings. The zero-order valence-corrected chi connectivity index (χ0v) is 30.9. The Kier molecular flexibility index (Phi) is 13.0. The minimum atomic E-state index is -2.12. The summed E-state index contributed by atoms with van der Waals surface area (Å²) in [5.41, 5.74) is -1.14. The first-order chi connectivity index (χ1) is 24.4. The Morgan fingerprint density at radius 2 is 1.58 bits per heavy atom. The van der Waals surface area contributed by atoms with Crippen molar-refractivity contribution >= 4 is 52.8 Å². The van der Waals surface area contributed by atoms with Gasteiger partial charge in [-0.1, -0.05) is 30.3 Å². The lowest BCUT2D eigenvalue weighted by Gasteiger charge is -2.27. The molecular formula is C34H43ClFN5O11. The van der Waals surface area contributed by atoms with Crippen LogP contribution in [0.15, 0.2) is 36.7 Å². The van der Waals surface area contributed by atoms with Gasteiger partial charge in [0.05, 0.1) is 32.7 Å². The van der Waals surface area contributed by atoms with Gasteiger partial charge >= 0.3 is 24.2 Å². The van der Waals surface area contributed by atoms with Gasteiger partial charge in [-0.25, -0.2) is 28.6 Å². The maximum atomic E-state index is 16.5. The maximum Gasteiger partial charge on any atom is 0.509 e. The molecule has 0 unspecified atom stereocenters. The molecule has 1 aliphatic heterocycles. The van der Waals surface area contributed by atoms with E-state index in [4.69, 9.17) is 44.8 Å². The molecule has 4 rings (SSSR count). The van der Waals surface area contributed by atoms with Gasteiger partial charge in [-0.3, -0.25) is 9.47 Å². The highest BCUT2D eigenvalue weighted by atomic mass is 35.5. The summed E-state index contributed by atoms with van der Waals surface area (Å²) >= 11 is 6.39. The fourth-order valence-electron chi connectivity index (χ4n) is 5.00. The van der Waals surface area contributed by atoms with E-state index in [0.29, 0.717) is 0 Å². The third-order valence-corrected chi connectivity index (χ3v) is 7.19. The molecule has 0 radical (unpaired) electrons. The van der Waals surface area contributed by atoms with E-state index < -0.39 is 72.7 Å². The predicted molar refractivity (Wildman–Crippen MR) is 182 cm³/mol. The Labute approximate surface area is 304 Å². The molecule has 3 heterocycles. The quantitative estimate of drug-likeness (QED) is 0.0981. The Balaban J connectivity index is 1.73. The molecular weight excluding hydrogens is 709 g/mol. The number of carbonyl (C=O) groups excluding carboxylic acids is 4. The molecule has 0 saturated carbocycles. The molecule has 0 N–H and O–H groups in total. The van der Waals surface area contributed by atoms with Crippen LogP contribution in [0.25, 0.3) is 11.2 Å². The van der Waals surface area contributed by atoms with Crippen molar-refractivity contribution in [3.8, 4) is 0 Å². The van der Waals surface area contributed by atoms with Gasteiger partial charge in [-0.2, -0.15) is 9.97 Å². The second kappa shape index (κ2) is 16.8. The minimum absolute atomic E-state index is 0.00400. The number of amides is 1. The number of carbonyl (C=O) groups is 4. The number of rotatable bonds is 12. The number of aromatic nitrogens is 4. The molecule has 3 aromatic rings. The molecule has 0 aliphatic carbocycles. The van der Waals surface area contributed by atoms with E-state index in [9.17, 15) is 19.2 Å². The highest BCUT2D eigenvalue weighted by molar-refractivity contribution is 6.28. The topological polar surface area (TPSA) is 180 Å². The predicted octanol–water partition coefficient (Wildman–Crippen LogP) is 5.49. The molecule has 2 aromatic heterocycles. The summed E-state index contributed by atoms with van der Waals surface area (Å²) in [5, 5.41) is -0.313. The molecule has 52 heavy (non-hydrogen) atoms. The van der Waals surface area contributed by atoms with Gasteiger partial charge in [0, 0.05) is 0 Å². The van der Waals surface area contributed by atoms with Crippen LogP contribution in [0.1, 0.15) is 67.2 Å². The van der Waals surface area contributed by atoms with Crippen LogP contribution in [0.4, 0.5) is 19.8 Å². The van der Waals surface area contributed by atoms with Crippen molar-refractivity contribution in [2.45, 2.75) is 104 Å². The molecule has 284 valence electrons. The molecule has 16 nitrogen and oxygen atoms in total. The van der Waals surface area contributed by atoms with Gasteiger partial charge in [-0.05, 0) is 72.6 Å². The molecule has 0 bridgehead atoms. The highest BCUT2D eigenvalue weighted by Crippen LogP contribution is 2.38. The average Bonchev–Trinajstić information content (AvgIpc) is 3.58. The Hall–Kier alpha value is -4.61. The van der Waals surface area contributed by atoms with Crippen molar-refractivity contribution in [2.24, 2.45) is 0 Å². The van der Waals surface area contributed by atoms with E-state index in [1.165, 1.54) is 29.6 Å². The summed E-state index contributed by atoms with van der Waals surface area (Å²) in [6.45, 7) is 12.2. The van der Waals surface area contributed by atoms with Crippen LogP contribution < -0.4 is 4.90 Å². The fraction of sp³-hybridized carbons (Fsp3) is 0.559. The van der Waals surface area contributed by atoms with E-state index in [1.54, 1.807) is 65.8 Å². The summed E-state index contributed by atoms with van der Waals surface area (Å²) < 4.78 is 55.5. The highest BCUT2D eigenvalue weighted by Gasteiger charge is 2.51. The van der Waals surface area contributed by atoms with E-state index >= 15 is 4.39 Å². The van der Waals surface area contributed by atoms with E-state index in [2.05, 4.69) is 15.0 Å². The second-order valence-electron chi connectivity index (χ2n) is 13.5. The SMILES string of the molecule is CCOC(=O)C(OC[C@H]1O[C@@H](n2cnc3c(N(Cc4ccccc4)C(=O)OC(C)(C)C)nc(Cl)nc32)[C@@H](F)[C@@H]1OC(=O)OC(C)(C)C)C(=O)OCC. The zero-order valence-electron chi connectivity index (χ0n) is 30.2. The van der Waals surface area contributed by atoms with Gasteiger partial charge in [-0.15, -0.1) is 0 Å². The van der Waals surface area contributed by atoms with Crippen molar-refractivity contribution in [2.75, 3.05) is 24.7 Å². The molecule has 1 aromatic carbocycles. The number of halogens is 2. The van der Waals surface area contributed by atoms with Crippen LogP contribution in [-0.4, -0.2) is 99.2 Å². The van der Waals surface area contributed by atoms with Crippen molar-refractivity contribution in [1.29, 1.82) is 0 Å². The lowest BCUT2D eigenvalue weighted by atomic mass is 10.1. The standard InChI is InChI=1S/C34H43ClFN5O11/c1-9-46-28(42)24(29(43)47-10-2)48-17-20-23(50-32(45)52-34(6,7)8)21(36)27(49-20)41-18-37-22-25(38-30(35)39-26(22)41)40(31(44)51-33(3,4)5)16-19-14-12-11-13-15-19/h11-15,18,20-21,23-24,27H,9-10,16-17H2,1-8H3/t20-,21+,23-,27-/m1/s1. The smallest absolute Gasteiger partial charge is 0.464 e. The van der Waals surface area contributed by atoms with E-state index in [1.807, 2.05) is 6.07 Å². The van der Waals surface area contributed by atoms with Crippen LogP contribution in [-0.2, 0) is 49.3 Å². The fourth-order valence-corrected chi connectivity index (χ4v) is 5.16. The van der Waals surface area contributed by atoms with Gasteiger partial charge in [0.2, 0.25) is 5.28 Å². The summed E-state index contributed by atoms with van der Waals surface area (Å²) in [6, 6.07) is 9.03. The number of anilines is 1. The van der Waals surface area contributed by atoms with Crippen LogP contribution in [0, 0.1) is 0 Å². The Morgan fingerprint density at radius 1 is 0.962 bits per heavy atom. The molecule has 1 fully saturated rings. The number of hydrogen-bond acceptors (Lipinski definition) is 14. The first-order valence-corrected chi connectivity index (χ1v) is 16.9. The van der Waals surface area contributed by atoms with Crippen LogP contribution in [0.2, 0.25) is 5.28 Å². The Morgan fingerprint density at radius 3 is 2.15 bits per heavy atom. The number of benzene rings is 1. The van der Waals surface area contributed by atoms with Gasteiger partial charge in [0.25, 0.3) is 6.10 Å². The number of nitrogens with zero attached hydrogens (tertiary/aromatic N) is 5. The molecule has 0 spiro atoms. The van der Waals surface area contributed by atoms with E-state index in [-0.39, 0.29) is 42.0 Å². The number of esters is 2. The van der Waals surface area contributed by atoms with Gasteiger partial charge < -0.3 is 33.2 Å². The van der Waals surface area contributed by atoms with Crippen molar-refractivity contribution in [3.05, 3.63) is 47.5 Å². The molecule has 4 atom stereocenters. The van der Waals surface area contributed by atoms with Crippen LogP contribution in [0.5, 0.6) is 0 Å². The molecule has 1 amide bonds. The first kappa shape index (κ1) is 40.2. The number of fused-ring (bicyclic) bond motifs is 1. The monoisotopic (exact) mass is 751 g/mol. The van der Waals surface area contributed by atoms with Crippen LogP contribution in [0.3, 0.4) is 0 Å². The molecule has 18 heteroatoms. The van der Waals surface area contributed by atoms with Crippen molar-refractivity contribution < 1.29 is 56.7 Å². The summed E-state index contributed by atoms with van der Waals surface area (Å²) in [6.07, 6.45) is -9.42. The number of alkyl halides is 1. The zero-order chi connectivity index (χ0) is 38.4. The third kappa shape index (κ3) is 10.3. The minimum Gasteiger partial charge on any atom is -0.464 e. The third-order valence-electron chi connectivity index (χ3n) is 7.02. The first-order valence-electron chi connectivity index (χ1n) is 16.5. The largest absolute Gasteiger partial charge is 0.509 e. The van der Waals surface area contributed by atoms with Crippen LogP contribution >= 0.6 is 11.6 Å². The lowest BCUT2D eigenvalue weighted by Crippen LogP contribution is -2.42.